The van der Waals surface area contributed by atoms with E-state index in [-0.39, 0.29) is 6.17 Å². The molecule has 0 aliphatic carbocycles. The minimum absolute atomic E-state index is 0.343. The SMILES string of the molecule is Clc1cc(-c2cccc3c(C4=NC(c5ccc(-c6ccccc6)cc5)=NC(c5ccc6ccccc6c5)N4)cccc23)c2c(c1)oc1ccccc12. The molecule has 1 unspecified atom stereocenters. The number of nitrogens with one attached hydrogen (secondary N) is 1. The summed E-state index contributed by atoms with van der Waals surface area (Å²) in [7, 11) is 0. The molecular formula is C47H30ClN3O. The van der Waals surface area contributed by atoms with Crippen LogP contribution in [-0.2, 0) is 0 Å². The van der Waals surface area contributed by atoms with Gasteiger partial charge in [0.05, 0.1) is 0 Å². The first-order chi connectivity index (χ1) is 25.7. The van der Waals surface area contributed by atoms with Crippen LogP contribution in [0.3, 0.4) is 0 Å². The van der Waals surface area contributed by atoms with Gasteiger partial charge in [-0.1, -0.05) is 157 Å². The molecule has 0 amide bonds. The summed E-state index contributed by atoms with van der Waals surface area (Å²) in [4.78, 5) is 10.4. The molecule has 4 nitrogen and oxygen atoms in total. The molecule has 2 heterocycles. The number of furan rings is 1. The summed E-state index contributed by atoms with van der Waals surface area (Å²) < 4.78 is 6.27. The highest BCUT2D eigenvalue weighted by molar-refractivity contribution is 6.33. The van der Waals surface area contributed by atoms with Crippen molar-refractivity contribution in [2.45, 2.75) is 6.17 Å². The van der Waals surface area contributed by atoms with Gasteiger partial charge in [0.2, 0.25) is 0 Å². The van der Waals surface area contributed by atoms with Crippen LogP contribution in [0.15, 0.2) is 184 Å². The molecule has 1 aliphatic rings. The van der Waals surface area contributed by atoms with Crippen LogP contribution in [0.25, 0.3) is 65.7 Å². The Morgan fingerprint density at radius 2 is 1.17 bits per heavy atom. The van der Waals surface area contributed by atoms with E-state index < -0.39 is 0 Å². The van der Waals surface area contributed by atoms with Gasteiger partial charge in [-0.2, -0.15) is 0 Å². The number of fused-ring (bicyclic) bond motifs is 5. The Hall–Kier alpha value is -6.49. The fourth-order valence-electron chi connectivity index (χ4n) is 7.49. The van der Waals surface area contributed by atoms with Gasteiger partial charge < -0.3 is 9.73 Å². The van der Waals surface area contributed by atoms with E-state index in [1.165, 1.54) is 16.3 Å². The molecule has 9 aromatic rings. The maximum absolute atomic E-state index is 6.73. The number of para-hydroxylation sites is 1. The highest BCUT2D eigenvalue weighted by atomic mass is 35.5. The Morgan fingerprint density at radius 1 is 0.500 bits per heavy atom. The molecular weight excluding hydrogens is 658 g/mol. The molecule has 0 radical (unpaired) electrons. The van der Waals surface area contributed by atoms with E-state index >= 15 is 0 Å². The smallest absolute Gasteiger partial charge is 0.159 e. The molecule has 1 atom stereocenters. The number of benzene rings is 8. The van der Waals surface area contributed by atoms with Crippen LogP contribution in [-0.4, -0.2) is 11.7 Å². The van der Waals surface area contributed by atoms with Crippen LogP contribution < -0.4 is 5.32 Å². The van der Waals surface area contributed by atoms with Crippen molar-refractivity contribution in [3.05, 3.63) is 192 Å². The molecule has 0 bridgehead atoms. The summed E-state index contributed by atoms with van der Waals surface area (Å²) in [5.74, 6) is 1.45. The summed E-state index contributed by atoms with van der Waals surface area (Å²) >= 11 is 6.73. The van der Waals surface area contributed by atoms with Gasteiger partial charge in [-0.05, 0) is 67.6 Å². The predicted molar refractivity (Wildman–Crippen MR) is 216 cm³/mol. The van der Waals surface area contributed by atoms with Crippen molar-refractivity contribution < 1.29 is 4.42 Å². The fourth-order valence-corrected chi connectivity index (χ4v) is 7.70. The maximum atomic E-state index is 6.73. The Balaban J connectivity index is 1.13. The second-order valence-electron chi connectivity index (χ2n) is 13.1. The van der Waals surface area contributed by atoms with Gasteiger partial charge in [-0.15, -0.1) is 0 Å². The normalized spacial score (nSPS) is 14.4. The molecule has 10 rings (SSSR count). The number of halogens is 1. The average molecular weight is 688 g/mol. The molecule has 8 aromatic carbocycles. The molecule has 52 heavy (non-hydrogen) atoms. The van der Waals surface area contributed by atoms with Gasteiger partial charge in [0.1, 0.15) is 23.2 Å². The minimum Gasteiger partial charge on any atom is -0.456 e. The summed E-state index contributed by atoms with van der Waals surface area (Å²) in [6, 6.07) is 58.8. The monoisotopic (exact) mass is 687 g/mol. The zero-order valence-corrected chi connectivity index (χ0v) is 28.7. The molecule has 246 valence electrons. The first kappa shape index (κ1) is 30.3. The van der Waals surface area contributed by atoms with E-state index in [9.17, 15) is 0 Å². The van der Waals surface area contributed by atoms with Crippen molar-refractivity contribution in [3.63, 3.8) is 0 Å². The van der Waals surface area contributed by atoms with Crippen LogP contribution in [0.1, 0.15) is 22.9 Å². The number of hydrogen-bond donors (Lipinski definition) is 1. The predicted octanol–water partition coefficient (Wildman–Crippen LogP) is 12.4. The Morgan fingerprint density at radius 3 is 2.02 bits per heavy atom. The standard InChI is InChI=1S/C47H30ClN3O/c48-35-27-41(44-40-14-6-7-19-42(40)52-43(44)28-35)38-17-8-16-37-36(38)15-9-18-39(37)47-50-45(32-23-20-31(21-24-32)29-10-2-1-3-11-29)49-46(51-47)34-25-22-30-12-4-5-13-33(30)26-34/h1-28,46H,(H,49,50,51). The van der Waals surface area contributed by atoms with E-state index in [0.29, 0.717) is 10.9 Å². The van der Waals surface area contributed by atoms with E-state index in [2.05, 4.69) is 139 Å². The lowest BCUT2D eigenvalue weighted by molar-refractivity contribution is 0.669. The lowest BCUT2D eigenvalue weighted by Crippen LogP contribution is -2.33. The second-order valence-corrected chi connectivity index (χ2v) is 13.6. The molecule has 0 fully saturated rings. The van der Waals surface area contributed by atoms with Gasteiger partial charge in [0.25, 0.3) is 0 Å². The lowest BCUT2D eigenvalue weighted by Gasteiger charge is -2.25. The van der Waals surface area contributed by atoms with E-state index in [0.717, 1.165) is 71.9 Å². The van der Waals surface area contributed by atoms with E-state index in [1.54, 1.807) is 0 Å². The zero-order chi connectivity index (χ0) is 34.6. The van der Waals surface area contributed by atoms with Crippen LogP contribution in [0.2, 0.25) is 5.02 Å². The maximum Gasteiger partial charge on any atom is 0.159 e. The largest absolute Gasteiger partial charge is 0.456 e. The summed E-state index contributed by atoms with van der Waals surface area (Å²) in [5.41, 5.74) is 9.06. The molecule has 1 aromatic heterocycles. The minimum atomic E-state index is -0.343. The number of aliphatic imine (C=N–C) groups is 2. The molecule has 1 aliphatic heterocycles. The topological polar surface area (TPSA) is 49.9 Å². The zero-order valence-electron chi connectivity index (χ0n) is 27.9. The van der Waals surface area contributed by atoms with Gasteiger partial charge in [-0.25, -0.2) is 9.98 Å². The number of hydrogen-bond acceptors (Lipinski definition) is 4. The van der Waals surface area contributed by atoms with Crippen LogP contribution in [0.4, 0.5) is 0 Å². The average Bonchev–Trinajstić information content (AvgIpc) is 3.58. The second kappa shape index (κ2) is 12.4. The van der Waals surface area contributed by atoms with Crippen LogP contribution in [0, 0.1) is 0 Å². The van der Waals surface area contributed by atoms with Crippen molar-refractivity contribution in [2.75, 3.05) is 0 Å². The van der Waals surface area contributed by atoms with Crippen molar-refractivity contribution in [3.8, 4) is 22.3 Å². The Bertz CT molecular complexity index is 2890. The van der Waals surface area contributed by atoms with Crippen LogP contribution in [0.5, 0.6) is 0 Å². The van der Waals surface area contributed by atoms with Crippen molar-refractivity contribution in [2.24, 2.45) is 9.98 Å². The molecule has 0 spiro atoms. The summed E-state index contributed by atoms with van der Waals surface area (Å²) in [6.07, 6.45) is -0.343. The summed E-state index contributed by atoms with van der Waals surface area (Å²) in [6.45, 7) is 0. The number of amidine groups is 2. The number of nitrogens with zero attached hydrogens (tertiary/aromatic N) is 2. The van der Waals surface area contributed by atoms with Gasteiger partial charge >= 0.3 is 0 Å². The third kappa shape index (κ3) is 5.24. The first-order valence-corrected chi connectivity index (χ1v) is 17.7. The number of rotatable bonds is 5. The quantitative estimate of drug-likeness (QED) is 0.196. The van der Waals surface area contributed by atoms with Gasteiger partial charge in [0, 0.05) is 33.0 Å². The third-order valence-electron chi connectivity index (χ3n) is 9.99. The highest BCUT2D eigenvalue weighted by Crippen LogP contribution is 2.41. The molecule has 0 saturated carbocycles. The third-order valence-corrected chi connectivity index (χ3v) is 10.2. The van der Waals surface area contributed by atoms with E-state index in [1.807, 2.05) is 36.4 Å². The first-order valence-electron chi connectivity index (χ1n) is 17.4. The highest BCUT2D eigenvalue weighted by Gasteiger charge is 2.24. The molecule has 1 N–H and O–H groups in total. The Labute approximate surface area is 305 Å². The van der Waals surface area contributed by atoms with Crippen LogP contribution >= 0.6 is 11.6 Å². The van der Waals surface area contributed by atoms with Gasteiger partial charge in [0.15, 0.2) is 5.84 Å². The van der Waals surface area contributed by atoms with Crippen molar-refractivity contribution in [1.82, 2.24) is 5.32 Å². The molecule has 0 saturated heterocycles. The molecule has 5 heteroatoms. The van der Waals surface area contributed by atoms with E-state index in [4.69, 9.17) is 26.0 Å². The fraction of sp³-hybridized carbons (Fsp3) is 0.0213. The van der Waals surface area contributed by atoms with Crippen molar-refractivity contribution in [1.29, 1.82) is 0 Å². The lowest BCUT2D eigenvalue weighted by atomic mass is 9.92. The summed E-state index contributed by atoms with van der Waals surface area (Å²) in [5, 5.41) is 11.0. The van der Waals surface area contributed by atoms with Crippen molar-refractivity contribution >= 4 is 66.8 Å². The van der Waals surface area contributed by atoms with Gasteiger partial charge in [-0.3, -0.25) is 0 Å². The Kier molecular flexibility index (Phi) is 7.22.